The smallest absolute Gasteiger partial charge is 0.316 e. The van der Waals surface area contributed by atoms with Crippen molar-refractivity contribution in [3.05, 3.63) is 59.9 Å². The number of rotatable bonds is 4. The molecule has 0 bridgehead atoms. The fourth-order valence-electron chi connectivity index (χ4n) is 2.74. The van der Waals surface area contributed by atoms with E-state index in [1.165, 1.54) is 23.0 Å². The number of anilines is 1. The maximum atomic E-state index is 13.8. The van der Waals surface area contributed by atoms with Crippen LogP contribution in [0.5, 0.6) is 5.75 Å². The first-order chi connectivity index (χ1) is 11.6. The number of benzene rings is 2. The second-order valence-corrected chi connectivity index (χ2v) is 5.45. The van der Waals surface area contributed by atoms with Crippen LogP contribution in [0.2, 0.25) is 0 Å². The monoisotopic (exact) mass is 328 g/mol. The molecule has 1 saturated heterocycles. The molecule has 2 amide bonds. The topological polar surface area (TPSA) is 49.9 Å². The molecule has 0 saturated carbocycles. The van der Waals surface area contributed by atoms with Crippen LogP contribution in [0.3, 0.4) is 0 Å². The van der Waals surface area contributed by atoms with E-state index in [1.807, 2.05) is 0 Å². The molecule has 0 radical (unpaired) electrons. The molecule has 0 aliphatic carbocycles. The molecular formula is C18H17FN2O3. The summed E-state index contributed by atoms with van der Waals surface area (Å²) in [5.74, 6) is -1.14. The standard InChI is InChI=1S/C18H17FN2O3/c1-24-16-9-5-4-8-15(16)21-11-10-20(17(22)18(21)23)12-13-6-2-3-7-14(13)19/h2-9H,10-12H2,1H3. The summed E-state index contributed by atoms with van der Waals surface area (Å²) in [6, 6.07) is 13.3. The van der Waals surface area contributed by atoms with E-state index in [2.05, 4.69) is 0 Å². The molecule has 5 nitrogen and oxygen atoms in total. The number of hydrogen-bond acceptors (Lipinski definition) is 3. The Labute approximate surface area is 139 Å². The molecule has 3 rings (SSSR count). The van der Waals surface area contributed by atoms with Crippen molar-refractivity contribution in [1.29, 1.82) is 0 Å². The lowest BCUT2D eigenvalue weighted by Crippen LogP contribution is -2.54. The summed E-state index contributed by atoms with van der Waals surface area (Å²) in [6.07, 6.45) is 0. The van der Waals surface area contributed by atoms with Crippen molar-refractivity contribution in [2.24, 2.45) is 0 Å². The summed E-state index contributed by atoms with van der Waals surface area (Å²) in [5, 5.41) is 0. The van der Waals surface area contributed by atoms with Crippen molar-refractivity contribution in [3.63, 3.8) is 0 Å². The molecule has 0 aromatic heterocycles. The Balaban J connectivity index is 1.79. The molecule has 6 heteroatoms. The number of carbonyl (C=O) groups excluding carboxylic acids is 2. The van der Waals surface area contributed by atoms with Gasteiger partial charge in [-0.1, -0.05) is 30.3 Å². The lowest BCUT2D eigenvalue weighted by atomic mass is 10.1. The largest absolute Gasteiger partial charge is 0.495 e. The van der Waals surface area contributed by atoms with E-state index < -0.39 is 11.8 Å². The zero-order valence-electron chi connectivity index (χ0n) is 13.2. The van der Waals surface area contributed by atoms with Crippen LogP contribution in [-0.4, -0.2) is 36.9 Å². The van der Waals surface area contributed by atoms with Crippen LogP contribution in [0.1, 0.15) is 5.56 Å². The highest BCUT2D eigenvalue weighted by molar-refractivity contribution is 6.41. The lowest BCUT2D eigenvalue weighted by molar-refractivity contribution is -0.146. The Kier molecular flexibility index (Phi) is 4.46. The summed E-state index contributed by atoms with van der Waals surface area (Å²) < 4.78 is 19.0. The maximum Gasteiger partial charge on any atom is 0.316 e. The van der Waals surface area contributed by atoms with Gasteiger partial charge in [-0.25, -0.2) is 4.39 Å². The molecule has 124 valence electrons. The first-order valence-corrected chi connectivity index (χ1v) is 7.59. The molecule has 0 unspecified atom stereocenters. The zero-order chi connectivity index (χ0) is 17.1. The Morgan fingerprint density at radius 3 is 2.46 bits per heavy atom. The quantitative estimate of drug-likeness (QED) is 0.809. The normalized spacial score (nSPS) is 14.9. The van der Waals surface area contributed by atoms with Crippen molar-refractivity contribution in [2.75, 3.05) is 25.1 Å². The number of piperazine rings is 1. The van der Waals surface area contributed by atoms with Gasteiger partial charge < -0.3 is 9.64 Å². The van der Waals surface area contributed by atoms with Crippen LogP contribution in [0, 0.1) is 5.82 Å². The molecule has 0 N–H and O–H groups in total. The van der Waals surface area contributed by atoms with E-state index in [4.69, 9.17) is 4.74 Å². The van der Waals surface area contributed by atoms with E-state index in [9.17, 15) is 14.0 Å². The number of carbonyl (C=O) groups is 2. The molecule has 1 aliphatic heterocycles. The number of amides is 2. The fraction of sp³-hybridized carbons (Fsp3) is 0.222. The number of ether oxygens (including phenoxy) is 1. The van der Waals surface area contributed by atoms with Crippen LogP contribution >= 0.6 is 0 Å². The Morgan fingerprint density at radius 2 is 1.71 bits per heavy atom. The highest BCUT2D eigenvalue weighted by Crippen LogP contribution is 2.29. The summed E-state index contributed by atoms with van der Waals surface area (Å²) >= 11 is 0. The minimum Gasteiger partial charge on any atom is -0.495 e. The molecule has 0 spiro atoms. The van der Waals surface area contributed by atoms with Gasteiger partial charge in [-0.2, -0.15) is 0 Å². The average Bonchev–Trinajstić information content (AvgIpc) is 2.61. The van der Waals surface area contributed by atoms with Crippen LogP contribution < -0.4 is 9.64 Å². The van der Waals surface area contributed by atoms with Crippen molar-refractivity contribution in [3.8, 4) is 5.75 Å². The number of para-hydroxylation sites is 2. The van der Waals surface area contributed by atoms with Crippen LogP contribution in [0.15, 0.2) is 48.5 Å². The second kappa shape index (κ2) is 6.70. The van der Waals surface area contributed by atoms with Gasteiger partial charge in [-0.05, 0) is 18.2 Å². The van der Waals surface area contributed by atoms with Gasteiger partial charge in [-0.3, -0.25) is 14.5 Å². The molecule has 1 heterocycles. The van der Waals surface area contributed by atoms with Crippen LogP contribution in [0.4, 0.5) is 10.1 Å². The van der Waals surface area contributed by atoms with E-state index in [-0.39, 0.29) is 12.4 Å². The number of methoxy groups -OCH3 is 1. The minimum absolute atomic E-state index is 0.0804. The zero-order valence-corrected chi connectivity index (χ0v) is 13.2. The summed E-state index contributed by atoms with van der Waals surface area (Å²) in [4.78, 5) is 27.6. The third-order valence-electron chi connectivity index (χ3n) is 4.00. The van der Waals surface area contributed by atoms with Gasteiger partial charge in [0.2, 0.25) is 0 Å². The highest BCUT2D eigenvalue weighted by atomic mass is 19.1. The van der Waals surface area contributed by atoms with Crippen LogP contribution in [0.25, 0.3) is 0 Å². The van der Waals surface area contributed by atoms with E-state index >= 15 is 0 Å². The summed E-state index contributed by atoms with van der Waals surface area (Å²) in [6.45, 7) is 0.743. The number of nitrogens with zero attached hydrogens (tertiary/aromatic N) is 2. The molecule has 1 aliphatic rings. The van der Waals surface area contributed by atoms with Gasteiger partial charge >= 0.3 is 11.8 Å². The molecule has 2 aromatic carbocycles. The summed E-state index contributed by atoms with van der Waals surface area (Å²) in [7, 11) is 1.51. The SMILES string of the molecule is COc1ccccc1N1CCN(Cc2ccccc2F)C(=O)C1=O. The third-order valence-corrected chi connectivity index (χ3v) is 4.00. The second-order valence-electron chi connectivity index (χ2n) is 5.45. The number of halogens is 1. The highest BCUT2D eigenvalue weighted by Gasteiger charge is 2.34. The fourth-order valence-corrected chi connectivity index (χ4v) is 2.74. The van der Waals surface area contributed by atoms with Gasteiger partial charge in [0, 0.05) is 25.2 Å². The Morgan fingerprint density at radius 1 is 1.00 bits per heavy atom. The predicted molar refractivity (Wildman–Crippen MR) is 87.2 cm³/mol. The van der Waals surface area contributed by atoms with E-state index in [0.29, 0.717) is 30.1 Å². The molecule has 1 fully saturated rings. The first-order valence-electron chi connectivity index (χ1n) is 7.59. The van der Waals surface area contributed by atoms with Crippen LogP contribution in [-0.2, 0) is 16.1 Å². The van der Waals surface area contributed by atoms with Gasteiger partial charge in [-0.15, -0.1) is 0 Å². The minimum atomic E-state index is -0.643. The molecular weight excluding hydrogens is 311 g/mol. The third kappa shape index (κ3) is 2.95. The summed E-state index contributed by atoms with van der Waals surface area (Å²) in [5.41, 5.74) is 0.952. The van der Waals surface area contributed by atoms with E-state index in [0.717, 1.165) is 0 Å². The van der Waals surface area contributed by atoms with Crippen molar-refractivity contribution in [1.82, 2.24) is 4.90 Å². The average molecular weight is 328 g/mol. The predicted octanol–water partition coefficient (Wildman–Crippen LogP) is 2.21. The molecule has 24 heavy (non-hydrogen) atoms. The Bertz CT molecular complexity index is 778. The Hall–Kier alpha value is -2.89. The molecule has 0 atom stereocenters. The molecule has 2 aromatic rings. The van der Waals surface area contributed by atoms with Gasteiger partial charge in [0.15, 0.2) is 0 Å². The van der Waals surface area contributed by atoms with E-state index in [1.54, 1.807) is 42.5 Å². The van der Waals surface area contributed by atoms with Gasteiger partial charge in [0.25, 0.3) is 0 Å². The maximum absolute atomic E-state index is 13.8. The van der Waals surface area contributed by atoms with Crippen molar-refractivity contribution >= 4 is 17.5 Å². The first kappa shape index (κ1) is 16.0. The lowest BCUT2D eigenvalue weighted by Gasteiger charge is -2.34. The van der Waals surface area contributed by atoms with Crippen molar-refractivity contribution < 1.29 is 18.7 Å². The van der Waals surface area contributed by atoms with Crippen molar-refractivity contribution in [2.45, 2.75) is 6.54 Å². The number of hydrogen-bond donors (Lipinski definition) is 0. The van der Waals surface area contributed by atoms with Gasteiger partial charge in [0.05, 0.1) is 12.8 Å². The van der Waals surface area contributed by atoms with Gasteiger partial charge in [0.1, 0.15) is 11.6 Å².